The number of ether oxygens (including phenoxy) is 1. The zero-order valence-electron chi connectivity index (χ0n) is 9.99. The van der Waals surface area contributed by atoms with E-state index < -0.39 is 5.60 Å². The van der Waals surface area contributed by atoms with Gasteiger partial charge in [-0.3, -0.25) is 4.79 Å². The summed E-state index contributed by atoms with van der Waals surface area (Å²) in [5, 5.41) is 0. The molecular formula is C13H17NO2. The molecule has 0 fully saturated rings. The summed E-state index contributed by atoms with van der Waals surface area (Å²) in [5.74, 6) is 0.884. The maximum atomic E-state index is 12.0. The molecule has 0 amide bonds. The predicted molar refractivity (Wildman–Crippen MR) is 63.0 cm³/mol. The summed E-state index contributed by atoms with van der Waals surface area (Å²) in [5.41, 5.74) is 0.299. The smallest absolute Gasteiger partial charge is 0.170 e. The molecule has 1 aliphatic heterocycles. The number of likely N-dealkylation sites (N-methyl/N-ethyl adjacent to an activating group) is 1. The van der Waals surface area contributed by atoms with Gasteiger partial charge in [0.15, 0.2) is 5.78 Å². The Balaban J connectivity index is 2.30. The second-order valence-corrected chi connectivity index (χ2v) is 4.89. The highest BCUT2D eigenvalue weighted by atomic mass is 16.5. The van der Waals surface area contributed by atoms with Crippen LogP contribution in [0.3, 0.4) is 0 Å². The molecule has 1 aromatic rings. The van der Waals surface area contributed by atoms with Crippen molar-refractivity contribution >= 4 is 5.78 Å². The Hall–Kier alpha value is -1.35. The average Bonchev–Trinajstić information content (AvgIpc) is 2.15. The number of benzene rings is 1. The molecule has 0 saturated heterocycles. The highest BCUT2D eigenvalue weighted by Crippen LogP contribution is 2.33. The molecule has 0 radical (unpaired) electrons. The van der Waals surface area contributed by atoms with Gasteiger partial charge in [0.25, 0.3) is 0 Å². The maximum Gasteiger partial charge on any atom is 0.170 e. The number of Topliss-reactive ketones (excluding diaryl/α,β-unsaturated/α-hetero) is 1. The van der Waals surface area contributed by atoms with Gasteiger partial charge in [0, 0.05) is 6.54 Å². The van der Waals surface area contributed by atoms with Crippen LogP contribution in [0.2, 0.25) is 0 Å². The first-order valence-corrected chi connectivity index (χ1v) is 5.46. The Morgan fingerprint density at radius 2 is 2.06 bits per heavy atom. The lowest BCUT2D eigenvalue weighted by molar-refractivity contribution is 0.0358. The van der Waals surface area contributed by atoms with Gasteiger partial charge in [-0.15, -0.1) is 0 Å². The van der Waals surface area contributed by atoms with Crippen molar-refractivity contribution in [3.05, 3.63) is 29.8 Å². The van der Waals surface area contributed by atoms with Crippen LogP contribution in [-0.4, -0.2) is 36.9 Å². The summed E-state index contributed by atoms with van der Waals surface area (Å²) >= 11 is 0. The monoisotopic (exact) mass is 219 g/mol. The largest absolute Gasteiger partial charge is 0.485 e. The molecule has 0 aliphatic carbocycles. The molecule has 1 aromatic carbocycles. The van der Waals surface area contributed by atoms with Gasteiger partial charge in [0.1, 0.15) is 11.4 Å². The Morgan fingerprint density at radius 1 is 1.38 bits per heavy atom. The van der Waals surface area contributed by atoms with Crippen LogP contribution < -0.4 is 4.74 Å². The number of hydrogen-bond acceptors (Lipinski definition) is 3. The Morgan fingerprint density at radius 3 is 2.75 bits per heavy atom. The van der Waals surface area contributed by atoms with Crippen molar-refractivity contribution in [3.8, 4) is 5.75 Å². The lowest BCUT2D eigenvalue weighted by Gasteiger charge is -2.36. The number of fused-ring (bicyclic) bond motifs is 1. The number of carbonyl (C=O) groups is 1. The zero-order valence-corrected chi connectivity index (χ0v) is 9.99. The van der Waals surface area contributed by atoms with Gasteiger partial charge in [-0.2, -0.15) is 0 Å². The van der Waals surface area contributed by atoms with Crippen molar-refractivity contribution in [2.45, 2.75) is 18.9 Å². The van der Waals surface area contributed by atoms with Gasteiger partial charge in [0.2, 0.25) is 0 Å². The van der Waals surface area contributed by atoms with E-state index in [-0.39, 0.29) is 5.78 Å². The van der Waals surface area contributed by atoms with Crippen molar-refractivity contribution in [1.82, 2.24) is 4.90 Å². The molecule has 1 aliphatic rings. The van der Waals surface area contributed by atoms with E-state index in [2.05, 4.69) is 0 Å². The van der Waals surface area contributed by atoms with Crippen LogP contribution >= 0.6 is 0 Å². The standard InChI is InChI=1S/C13H17NO2/c1-13(9-14(2)3)8-11(15)10-6-4-5-7-12(10)16-13/h4-7H,8-9H2,1-3H3. The van der Waals surface area contributed by atoms with Gasteiger partial charge in [-0.05, 0) is 33.2 Å². The lowest BCUT2D eigenvalue weighted by Crippen LogP contribution is -2.46. The van der Waals surface area contributed by atoms with Gasteiger partial charge < -0.3 is 9.64 Å². The summed E-state index contributed by atoms with van der Waals surface area (Å²) in [4.78, 5) is 14.0. The molecule has 1 atom stereocenters. The number of carbonyl (C=O) groups excluding carboxylic acids is 1. The fourth-order valence-electron chi connectivity index (χ4n) is 2.28. The molecule has 0 N–H and O–H groups in total. The number of rotatable bonds is 2. The van der Waals surface area contributed by atoms with Gasteiger partial charge in [0.05, 0.1) is 12.0 Å². The van der Waals surface area contributed by atoms with E-state index in [0.717, 1.165) is 6.54 Å². The Kier molecular flexibility index (Phi) is 2.72. The summed E-state index contributed by atoms with van der Waals surface area (Å²) in [6.07, 6.45) is 0.447. The molecule has 1 unspecified atom stereocenters. The van der Waals surface area contributed by atoms with Crippen molar-refractivity contribution in [2.24, 2.45) is 0 Å². The van der Waals surface area contributed by atoms with Gasteiger partial charge >= 0.3 is 0 Å². The molecule has 0 saturated carbocycles. The first-order valence-electron chi connectivity index (χ1n) is 5.46. The van der Waals surface area contributed by atoms with E-state index in [9.17, 15) is 4.79 Å². The summed E-state index contributed by atoms with van der Waals surface area (Å²) < 4.78 is 5.94. The predicted octanol–water partition coefficient (Wildman–Crippen LogP) is 1.97. The number of para-hydroxylation sites is 1. The molecule has 86 valence electrons. The first kappa shape index (κ1) is 11.1. The van der Waals surface area contributed by atoms with Crippen LogP contribution in [0.5, 0.6) is 5.75 Å². The van der Waals surface area contributed by atoms with E-state index >= 15 is 0 Å². The van der Waals surface area contributed by atoms with Crippen LogP contribution in [0.25, 0.3) is 0 Å². The summed E-state index contributed by atoms with van der Waals surface area (Å²) in [6, 6.07) is 7.45. The fourth-order valence-corrected chi connectivity index (χ4v) is 2.28. The van der Waals surface area contributed by atoms with Crippen molar-refractivity contribution < 1.29 is 9.53 Å². The third-order valence-electron chi connectivity index (χ3n) is 2.73. The molecular weight excluding hydrogens is 202 g/mol. The van der Waals surface area contributed by atoms with E-state index in [1.165, 1.54) is 0 Å². The van der Waals surface area contributed by atoms with E-state index in [4.69, 9.17) is 4.74 Å². The van der Waals surface area contributed by atoms with E-state index in [1.54, 1.807) is 0 Å². The van der Waals surface area contributed by atoms with Crippen LogP contribution in [0, 0.1) is 0 Å². The van der Waals surface area contributed by atoms with Crippen LogP contribution in [0.1, 0.15) is 23.7 Å². The quantitative estimate of drug-likeness (QED) is 0.761. The van der Waals surface area contributed by atoms with E-state index in [0.29, 0.717) is 17.7 Å². The number of nitrogens with zero attached hydrogens (tertiary/aromatic N) is 1. The minimum Gasteiger partial charge on any atom is -0.485 e. The topological polar surface area (TPSA) is 29.5 Å². The second-order valence-electron chi connectivity index (χ2n) is 4.89. The number of hydrogen-bond donors (Lipinski definition) is 0. The average molecular weight is 219 g/mol. The van der Waals surface area contributed by atoms with Crippen LogP contribution in [0.4, 0.5) is 0 Å². The molecule has 1 heterocycles. The first-order chi connectivity index (χ1) is 7.50. The SMILES string of the molecule is CN(C)CC1(C)CC(=O)c2ccccc2O1. The molecule has 3 nitrogen and oxygen atoms in total. The molecule has 3 heteroatoms. The summed E-state index contributed by atoms with van der Waals surface area (Å²) in [7, 11) is 3.97. The Labute approximate surface area is 96.0 Å². The molecule has 2 rings (SSSR count). The van der Waals surface area contributed by atoms with Crippen LogP contribution in [0.15, 0.2) is 24.3 Å². The normalized spacial score (nSPS) is 24.1. The van der Waals surface area contributed by atoms with Gasteiger partial charge in [-0.1, -0.05) is 12.1 Å². The second kappa shape index (κ2) is 3.91. The van der Waals surface area contributed by atoms with Crippen LogP contribution in [-0.2, 0) is 0 Å². The molecule has 0 bridgehead atoms. The highest BCUT2D eigenvalue weighted by Gasteiger charge is 2.36. The molecule has 16 heavy (non-hydrogen) atoms. The van der Waals surface area contributed by atoms with E-state index in [1.807, 2.05) is 50.2 Å². The Bertz CT molecular complexity index is 414. The fraction of sp³-hybridized carbons (Fsp3) is 0.462. The minimum absolute atomic E-state index is 0.172. The number of ketones is 1. The summed E-state index contributed by atoms with van der Waals surface area (Å²) in [6.45, 7) is 2.73. The van der Waals surface area contributed by atoms with Crippen molar-refractivity contribution in [3.63, 3.8) is 0 Å². The third-order valence-corrected chi connectivity index (χ3v) is 2.73. The molecule has 0 aromatic heterocycles. The zero-order chi connectivity index (χ0) is 11.8. The lowest BCUT2D eigenvalue weighted by atomic mass is 9.91. The molecule has 0 spiro atoms. The third kappa shape index (κ3) is 2.09. The van der Waals surface area contributed by atoms with Crippen molar-refractivity contribution in [1.29, 1.82) is 0 Å². The maximum absolute atomic E-state index is 12.0. The minimum atomic E-state index is -0.408. The van der Waals surface area contributed by atoms with Crippen molar-refractivity contribution in [2.75, 3.05) is 20.6 Å². The highest BCUT2D eigenvalue weighted by molar-refractivity contribution is 6.00. The van der Waals surface area contributed by atoms with Gasteiger partial charge in [-0.25, -0.2) is 0 Å².